The smallest absolute Gasteiger partial charge is 0.161 e. The second-order valence-electron chi connectivity index (χ2n) is 5.00. The number of aromatic hydroxyl groups is 1. The lowest BCUT2D eigenvalue weighted by atomic mass is 10.1. The van der Waals surface area contributed by atoms with Crippen molar-refractivity contribution in [1.29, 1.82) is 0 Å². The van der Waals surface area contributed by atoms with Crippen LogP contribution in [0.15, 0.2) is 30.3 Å². The molecule has 3 rings (SSSR count). The van der Waals surface area contributed by atoms with Crippen molar-refractivity contribution in [1.82, 2.24) is 15.5 Å². The standard InChI is InChI=1S/C16H16N4O/c17-16-12(6-5-11-7-8-18-10-11)9-14(19-20-16)13-3-1-2-4-15(13)21/h1-4,9,11,18,21H,7-8,10H2,(H2,17,20). The molecule has 5 heteroatoms. The van der Waals surface area contributed by atoms with Gasteiger partial charge in [0.25, 0.3) is 0 Å². The van der Waals surface area contributed by atoms with Crippen LogP contribution in [-0.2, 0) is 0 Å². The van der Waals surface area contributed by atoms with Crippen molar-refractivity contribution in [3.63, 3.8) is 0 Å². The molecule has 0 amide bonds. The Morgan fingerprint density at radius 2 is 2.14 bits per heavy atom. The van der Waals surface area contributed by atoms with Gasteiger partial charge in [-0.1, -0.05) is 24.0 Å². The van der Waals surface area contributed by atoms with E-state index in [-0.39, 0.29) is 5.75 Å². The van der Waals surface area contributed by atoms with Crippen LogP contribution in [0.25, 0.3) is 11.3 Å². The first-order chi connectivity index (χ1) is 10.2. The van der Waals surface area contributed by atoms with Gasteiger partial charge in [-0.2, -0.15) is 0 Å². The first-order valence-corrected chi connectivity index (χ1v) is 6.88. The number of nitrogen functional groups attached to an aromatic ring is 1. The highest BCUT2D eigenvalue weighted by Crippen LogP contribution is 2.27. The highest BCUT2D eigenvalue weighted by atomic mass is 16.3. The molecule has 0 bridgehead atoms. The van der Waals surface area contributed by atoms with E-state index in [1.54, 1.807) is 24.3 Å². The molecule has 5 nitrogen and oxygen atoms in total. The Labute approximate surface area is 123 Å². The maximum absolute atomic E-state index is 9.88. The van der Waals surface area contributed by atoms with Gasteiger partial charge in [0.15, 0.2) is 5.82 Å². The number of aromatic nitrogens is 2. The van der Waals surface area contributed by atoms with Gasteiger partial charge < -0.3 is 16.2 Å². The summed E-state index contributed by atoms with van der Waals surface area (Å²) in [6, 6.07) is 8.77. The van der Waals surface area contributed by atoms with E-state index in [0.29, 0.717) is 28.6 Å². The molecule has 0 radical (unpaired) electrons. The molecule has 1 aliphatic heterocycles. The largest absolute Gasteiger partial charge is 0.507 e. The summed E-state index contributed by atoms with van der Waals surface area (Å²) in [5.74, 6) is 7.12. The predicted octanol–water partition coefficient (Wildman–Crippen LogP) is 1.39. The molecule has 1 atom stereocenters. The Balaban J connectivity index is 1.95. The summed E-state index contributed by atoms with van der Waals surface area (Å²) >= 11 is 0. The quantitative estimate of drug-likeness (QED) is 0.688. The second kappa shape index (κ2) is 5.81. The third kappa shape index (κ3) is 2.96. The van der Waals surface area contributed by atoms with Gasteiger partial charge in [-0.25, -0.2) is 0 Å². The fraction of sp³-hybridized carbons (Fsp3) is 0.250. The van der Waals surface area contributed by atoms with Crippen molar-refractivity contribution in [2.45, 2.75) is 6.42 Å². The zero-order valence-corrected chi connectivity index (χ0v) is 11.5. The van der Waals surface area contributed by atoms with Crippen molar-refractivity contribution in [2.24, 2.45) is 5.92 Å². The predicted molar refractivity (Wildman–Crippen MR) is 81.4 cm³/mol. The van der Waals surface area contributed by atoms with Gasteiger partial charge in [0, 0.05) is 18.0 Å². The molecule has 106 valence electrons. The number of benzene rings is 1. The maximum Gasteiger partial charge on any atom is 0.161 e. The van der Waals surface area contributed by atoms with Crippen LogP contribution in [0.3, 0.4) is 0 Å². The van der Waals surface area contributed by atoms with E-state index in [1.807, 2.05) is 6.07 Å². The van der Waals surface area contributed by atoms with E-state index in [9.17, 15) is 5.11 Å². The van der Waals surface area contributed by atoms with Gasteiger partial charge >= 0.3 is 0 Å². The van der Waals surface area contributed by atoms with E-state index >= 15 is 0 Å². The number of hydrogen-bond donors (Lipinski definition) is 3. The average molecular weight is 280 g/mol. The molecule has 1 unspecified atom stereocenters. The number of anilines is 1. The lowest BCUT2D eigenvalue weighted by Crippen LogP contribution is -2.07. The lowest BCUT2D eigenvalue weighted by Gasteiger charge is -2.04. The molecule has 1 aromatic carbocycles. The molecule has 2 heterocycles. The fourth-order valence-electron chi connectivity index (χ4n) is 2.28. The number of phenols is 1. The van der Waals surface area contributed by atoms with Gasteiger partial charge in [0.1, 0.15) is 5.75 Å². The van der Waals surface area contributed by atoms with Crippen LogP contribution < -0.4 is 11.1 Å². The molecule has 1 fully saturated rings. The first kappa shape index (κ1) is 13.4. The Hall–Kier alpha value is -2.58. The minimum absolute atomic E-state index is 0.162. The Morgan fingerprint density at radius 3 is 2.90 bits per heavy atom. The first-order valence-electron chi connectivity index (χ1n) is 6.88. The molecule has 1 aromatic heterocycles. The van der Waals surface area contributed by atoms with Gasteiger partial charge in [0.2, 0.25) is 0 Å². The number of nitrogens with one attached hydrogen (secondary N) is 1. The van der Waals surface area contributed by atoms with Gasteiger partial charge in [-0.05, 0) is 31.2 Å². The van der Waals surface area contributed by atoms with Gasteiger partial charge in [-0.3, -0.25) is 0 Å². The third-order valence-electron chi connectivity index (χ3n) is 3.47. The number of nitrogens with two attached hydrogens (primary N) is 1. The van der Waals surface area contributed by atoms with E-state index < -0.39 is 0 Å². The molecule has 0 spiro atoms. The van der Waals surface area contributed by atoms with Crippen molar-refractivity contribution in [2.75, 3.05) is 18.8 Å². The molecule has 0 aliphatic carbocycles. The Kier molecular flexibility index (Phi) is 3.71. The summed E-state index contributed by atoms with van der Waals surface area (Å²) < 4.78 is 0. The van der Waals surface area contributed by atoms with Crippen molar-refractivity contribution >= 4 is 5.82 Å². The van der Waals surface area contributed by atoms with Crippen molar-refractivity contribution in [3.8, 4) is 28.8 Å². The van der Waals surface area contributed by atoms with Gasteiger partial charge in [0.05, 0.1) is 11.3 Å². The highest BCUT2D eigenvalue weighted by Gasteiger charge is 2.12. The van der Waals surface area contributed by atoms with E-state index in [4.69, 9.17) is 5.73 Å². The van der Waals surface area contributed by atoms with Crippen LogP contribution in [0.1, 0.15) is 12.0 Å². The van der Waals surface area contributed by atoms with Crippen molar-refractivity contribution < 1.29 is 5.11 Å². The molecule has 21 heavy (non-hydrogen) atoms. The summed E-state index contributed by atoms with van der Waals surface area (Å²) in [6.07, 6.45) is 1.05. The number of phenolic OH excluding ortho intramolecular Hbond substituents is 1. The highest BCUT2D eigenvalue weighted by molar-refractivity contribution is 5.69. The summed E-state index contributed by atoms with van der Waals surface area (Å²) in [5.41, 5.74) is 7.67. The van der Waals surface area contributed by atoms with Crippen LogP contribution in [0.4, 0.5) is 5.82 Å². The number of rotatable bonds is 1. The Bertz CT molecular complexity index is 712. The second-order valence-corrected chi connectivity index (χ2v) is 5.00. The maximum atomic E-state index is 9.88. The van der Waals surface area contributed by atoms with Gasteiger partial charge in [-0.15, -0.1) is 10.2 Å². The van der Waals surface area contributed by atoms with Crippen LogP contribution in [0, 0.1) is 17.8 Å². The topological polar surface area (TPSA) is 84.1 Å². The van der Waals surface area contributed by atoms with Crippen LogP contribution in [0.5, 0.6) is 5.75 Å². The van der Waals surface area contributed by atoms with Crippen LogP contribution in [0.2, 0.25) is 0 Å². The molecule has 2 aromatic rings. The van der Waals surface area contributed by atoms with Crippen LogP contribution in [-0.4, -0.2) is 28.4 Å². The average Bonchev–Trinajstić information content (AvgIpc) is 3.00. The van der Waals surface area contributed by atoms with E-state index in [2.05, 4.69) is 27.4 Å². The summed E-state index contributed by atoms with van der Waals surface area (Å²) in [6.45, 7) is 1.92. The molecular formula is C16H16N4O. The molecule has 4 N–H and O–H groups in total. The molecule has 0 saturated carbocycles. The Morgan fingerprint density at radius 1 is 1.29 bits per heavy atom. The number of hydrogen-bond acceptors (Lipinski definition) is 5. The number of nitrogens with zero attached hydrogens (tertiary/aromatic N) is 2. The third-order valence-corrected chi connectivity index (χ3v) is 3.47. The van der Waals surface area contributed by atoms with E-state index in [0.717, 1.165) is 19.5 Å². The molecular weight excluding hydrogens is 264 g/mol. The lowest BCUT2D eigenvalue weighted by molar-refractivity contribution is 0.477. The zero-order chi connectivity index (χ0) is 14.7. The zero-order valence-electron chi connectivity index (χ0n) is 11.5. The molecule has 1 saturated heterocycles. The minimum Gasteiger partial charge on any atom is -0.507 e. The summed E-state index contributed by atoms with van der Waals surface area (Å²) in [5, 5.41) is 21.1. The molecule has 1 aliphatic rings. The minimum atomic E-state index is 0.162. The monoisotopic (exact) mass is 280 g/mol. The number of para-hydroxylation sites is 1. The van der Waals surface area contributed by atoms with Crippen LogP contribution >= 0.6 is 0 Å². The fourth-order valence-corrected chi connectivity index (χ4v) is 2.28. The van der Waals surface area contributed by atoms with Crippen molar-refractivity contribution in [3.05, 3.63) is 35.9 Å². The normalized spacial score (nSPS) is 17.2. The summed E-state index contributed by atoms with van der Waals surface area (Å²) in [7, 11) is 0. The van der Waals surface area contributed by atoms with E-state index in [1.165, 1.54) is 0 Å². The summed E-state index contributed by atoms with van der Waals surface area (Å²) in [4.78, 5) is 0. The SMILES string of the molecule is Nc1nnc(-c2ccccc2O)cc1C#CC1CCNC1.